The van der Waals surface area contributed by atoms with E-state index in [1.165, 1.54) is 59.8 Å². The number of anilines is 3. The molecule has 3 aliphatic rings. The summed E-state index contributed by atoms with van der Waals surface area (Å²) in [4.78, 5) is 3.74. The summed E-state index contributed by atoms with van der Waals surface area (Å²) in [6.45, 7) is 0.165. The van der Waals surface area contributed by atoms with Crippen LogP contribution >= 0.6 is 11.3 Å². The Hall–Kier alpha value is -4.54. The molecular weight excluding hydrogens is 505 g/mol. The average Bonchev–Trinajstić information content (AvgIpc) is 3.44. The molecule has 0 radical (unpaired) electrons. The molecule has 0 amide bonds. The predicted molar refractivity (Wildman–Crippen MR) is 168 cm³/mol. The summed E-state index contributed by atoms with van der Waals surface area (Å²) in [7, 11) is 0. The van der Waals surface area contributed by atoms with Crippen molar-refractivity contribution in [2.75, 3.05) is 4.90 Å². The van der Waals surface area contributed by atoms with Crippen molar-refractivity contribution >= 4 is 50.8 Å². The number of hydrogen-bond donors (Lipinski definition) is 0. The zero-order valence-corrected chi connectivity index (χ0v) is 22.6. The Kier molecular flexibility index (Phi) is 4.73. The van der Waals surface area contributed by atoms with Crippen molar-refractivity contribution < 1.29 is 4.74 Å². The van der Waals surface area contributed by atoms with E-state index in [4.69, 9.17) is 4.74 Å². The SMILES string of the molecule is c1ccc(-c2ccc(N3c4cc(-c5ccccc5)sc4B4c5cc6c(cc5Oc5cccc3c54)CC6)cc2)cc1. The summed E-state index contributed by atoms with van der Waals surface area (Å²) in [5.41, 5.74) is 12.8. The number of ether oxygens (including phenoxy) is 1. The van der Waals surface area contributed by atoms with Gasteiger partial charge in [-0.3, -0.25) is 0 Å². The minimum absolute atomic E-state index is 0.165. The Morgan fingerprint density at radius 2 is 1.30 bits per heavy atom. The molecule has 5 aromatic carbocycles. The maximum Gasteiger partial charge on any atom is 0.268 e. The van der Waals surface area contributed by atoms with Gasteiger partial charge in [-0.15, -0.1) is 11.3 Å². The first-order chi connectivity index (χ1) is 19.8. The van der Waals surface area contributed by atoms with E-state index in [0.717, 1.165) is 30.0 Å². The van der Waals surface area contributed by atoms with Crippen molar-refractivity contribution in [2.24, 2.45) is 0 Å². The number of benzene rings is 5. The Balaban J connectivity index is 1.27. The maximum absolute atomic E-state index is 6.64. The fourth-order valence-corrected chi connectivity index (χ4v) is 7.85. The van der Waals surface area contributed by atoms with E-state index in [1.54, 1.807) is 0 Å². The number of fused-ring (bicyclic) bond motifs is 5. The standard InChI is InChI=1S/C36H24BNOS/c1-3-8-23(9-4-1)24-16-18-28(19-17-24)38-30-12-7-13-32-35(30)37(29-20-26-14-15-27(26)21-33(29)39-32)36-31(38)22-34(40-36)25-10-5-2-6-11-25/h1-13,16-22H,14-15H2. The molecule has 0 fully saturated rings. The lowest BCUT2D eigenvalue weighted by atomic mass is 9.36. The van der Waals surface area contributed by atoms with Crippen LogP contribution in [-0.4, -0.2) is 6.71 Å². The molecule has 1 aromatic heterocycles. The molecule has 4 heteroatoms. The van der Waals surface area contributed by atoms with Gasteiger partial charge in [-0.05, 0) is 88.0 Å². The lowest BCUT2D eigenvalue weighted by molar-refractivity contribution is 0.485. The van der Waals surface area contributed by atoms with Crippen LogP contribution in [0.5, 0.6) is 11.5 Å². The number of rotatable bonds is 3. The minimum atomic E-state index is 0.165. The van der Waals surface area contributed by atoms with Crippen molar-refractivity contribution in [3.63, 3.8) is 0 Å². The monoisotopic (exact) mass is 529 g/mol. The summed E-state index contributed by atoms with van der Waals surface area (Å²) in [6, 6.07) is 44.0. The van der Waals surface area contributed by atoms with Crippen molar-refractivity contribution in [3.8, 4) is 33.1 Å². The third kappa shape index (κ3) is 3.23. The largest absolute Gasteiger partial charge is 0.458 e. The first-order valence-corrected chi connectivity index (χ1v) is 14.7. The highest BCUT2D eigenvalue weighted by Crippen LogP contribution is 2.45. The molecule has 6 aromatic rings. The first kappa shape index (κ1) is 22.3. The van der Waals surface area contributed by atoms with Gasteiger partial charge in [-0.25, -0.2) is 0 Å². The molecule has 9 rings (SSSR count). The molecule has 0 atom stereocenters. The lowest BCUT2D eigenvalue weighted by Gasteiger charge is -2.39. The summed E-state index contributed by atoms with van der Waals surface area (Å²) in [5.74, 6) is 2.00. The van der Waals surface area contributed by atoms with Crippen molar-refractivity contribution in [1.82, 2.24) is 0 Å². The van der Waals surface area contributed by atoms with Crippen LogP contribution < -0.4 is 25.3 Å². The first-order valence-electron chi connectivity index (χ1n) is 13.9. The Morgan fingerprint density at radius 3 is 2.05 bits per heavy atom. The third-order valence-corrected chi connectivity index (χ3v) is 9.87. The smallest absolute Gasteiger partial charge is 0.268 e. The zero-order chi connectivity index (χ0) is 26.2. The summed E-state index contributed by atoms with van der Waals surface area (Å²) < 4.78 is 8.02. The molecule has 0 N–H and O–H groups in total. The quantitative estimate of drug-likeness (QED) is 0.219. The van der Waals surface area contributed by atoms with Gasteiger partial charge in [0, 0.05) is 21.0 Å². The van der Waals surface area contributed by atoms with Crippen LogP contribution in [-0.2, 0) is 12.8 Å². The number of hydrogen-bond acceptors (Lipinski definition) is 3. The van der Waals surface area contributed by atoms with E-state index in [-0.39, 0.29) is 6.71 Å². The molecule has 40 heavy (non-hydrogen) atoms. The Morgan fingerprint density at radius 1 is 0.600 bits per heavy atom. The van der Waals surface area contributed by atoms with E-state index >= 15 is 0 Å². The van der Waals surface area contributed by atoms with Gasteiger partial charge in [0.15, 0.2) is 0 Å². The van der Waals surface area contributed by atoms with Gasteiger partial charge in [0.25, 0.3) is 6.71 Å². The Labute approximate surface area is 238 Å². The summed E-state index contributed by atoms with van der Waals surface area (Å²) >= 11 is 1.92. The Bertz CT molecular complexity index is 1930. The summed E-state index contributed by atoms with van der Waals surface area (Å²) in [5, 5.41) is 0. The molecule has 0 spiro atoms. The van der Waals surface area contributed by atoms with Crippen molar-refractivity contribution in [1.29, 1.82) is 0 Å². The predicted octanol–water partition coefficient (Wildman–Crippen LogP) is 7.59. The average molecular weight is 529 g/mol. The van der Waals surface area contributed by atoms with Crippen LogP contribution in [0.15, 0.2) is 121 Å². The van der Waals surface area contributed by atoms with Gasteiger partial charge in [0.05, 0.1) is 5.69 Å². The lowest BCUT2D eigenvalue weighted by Crippen LogP contribution is -2.58. The second-order valence-corrected chi connectivity index (χ2v) is 11.9. The minimum Gasteiger partial charge on any atom is -0.458 e. The van der Waals surface area contributed by atoms with E-state index in [1.807, 2.05) is 11.3 Å². The van der Waals surface area contributed by atoms with Gasteiger partial charge in [-0.1, -0.05) is 84.9 Å². The fourth-order valence-electron chi connectivity index (χ4n) is 6.57. The van der Waals surface area contributed by atoms with E-state index in [9.17, 15) is 0 Å². The topological polar surface area (TPSA) is 12.5 Å². The molecule has 2 nitrogen and oxygen atoms in total. The molecule has 2 aliphatic heterocycles. The molecule has 3 heterocycles. The van der Waals surface area contributed by atoms with Gasteiger partial charge >= 0.3 is 0 Å². The number of nitrogens with zero attached hydrogens (tertiary/aromatic N) is 1. The van der Waals surface area contributed by atoms with Crippen molar-refractivity contribution in [3.05, 3.63) is 132 Å². The molecular formula is C36H24BNOS. The highest BCUT2D eigenvalue weighted by molar-refractivity contribution is 7.31. The normalized spacial score (nSPS) is 13.9. The van der Waals surface area contributed by atoms with Crippen LogP contribution in [0.2, 0.25) is 0 Å². The van der Waals surface area contributed by atoms with E-state index in [2.05, 4.69) is 126 Å². The zero-order valence-electron chi connectivity index (χ0n) is 21.8. The third-order valence-electron chi connectivity index (χ3n) is 8.63. The maximum atomic E-state index is 6.64. The van der Waals surface area contributed by atoms with Crippen LogP contribution in [0.1, 0.15) is 11.1 Å². The van der Waals surface area contributed by atoms with Gasteiger partial charge in [-0.2, -0.15) is 0 Å². The molecule has 0 saturated heterocycles. The molecule has 1 aliphatic carbocycles. The van der Waals surface area contributed by atoms with Crippen LogP contribution in [0.25, 0.3) is 21.6 Å². The second kappa shape index (κ2) is 8.48. The second-order valence-electron chi connectivity index (χ2n) is 10.9. The fraction of sp³-hybridized carbons (Fsp3) is 0.0556. The van der Waals surface area contributed by atoms with E-state index < -0.39 is 0 Å². The van der Waals surface area contributed by atoms with Gasteiger partial charge < -0.3 is 9.64 Å². The van der Waals surface area contributed by atoms with Gasteiger partial charge in [0.2, 0.25) is 0 Å². The molecule has 0 bridgehead atoms. The van der Waals surface area contributed by atoms with Gasteiger partial charge in [0.1, 0.15) is 11.5 Å². The molecule has 188 valence electrons. The highest BCUT2D eigenvalue weighted by atomic mass is 32.1. The van der Waals surface area contributed by atoms with Crippen molar-refractivity contribution in [2.45, 2.75) is 12.8 Å². The van der Waals surface area contributed by atoms with Crippen LogP contribution in [0.3, 0.4) is 0 Å². The summed E-state index contributed by atoms with van der Waals surface area (Å²) in [6.07, 6.45) is 2.31. The van der Waals surface area contributed by atoms with Crippen LogP contribution in [0, 0.1) is 0 Å². The van der Waals surface area contributed by atoms with E-state index in [0.29, 0.717) is 0 Å². The molecule has 0 unspecified atom stereocenters. The van der Waals surface area contributed by atoms with Crippen LogP contribution in [0.4, 0.5) is 17.1 Å². The highest BCUT2D eigenvalue weighted by Gasteiger charge is 2.43. The number of aryl methyl sites for hydroxylation is 2. The molecule has 0 saturated carbocycles. The number of thiophene rings is 1.